The number of alkyl halides is 3. The smallest absolute Gasteiger partial charge is 0.267 e. The molecule has 1 N–H and O–H groups in total. The van der Waals surface area contributed by atoms with E-state index >= 15 is 0 Å². The Kier molecular flexibility index (Phi) is 3.42. The summed E-state index contributed by atoms with van der Waals surface area (Å²) in [6.07, 6.45) is -4.46. The zero-order chi connectivity index (χ0) is 15.0. The van der Waals surface area contributed by atoms with E-state index in [4.69, 9.17) is 12.2 Å². The summed E-state index contributed by atoms with van der Waals surface area (Å²) in [5, 5.41) is 8.43. The molecule has 2 aromatic heterocycles. The van der Waals surface area contributed by atoms with Crippen molar-refractivity contribution in [1.29, 1.82) is 0 Å². The predicted molar refractivity (Wildman–Crippen MR) is 77.1 cm³/mol. The van der Waals surface area contributed by atoms with Gasteiger partial charge in [-0.05, 0) is 35.8 Å². The van der Waals surface area contributed by atoms with Crippen molar-refractivity contribution in [1.82, 2.24) is 14.8 Å². The summed E-state index contributed by atoms with van der Waals surface area (Å²) in [7, 11) is 0. The van der Waals surface area contributed by atoms with Crippen molar-refractivity contribution in [3.8, 4) is 16.4 Å². The molecule has 21 heavy (non-hydrogen) atoms. The van der Waals surface area contributed by atoms with Gasteiger partial charge in [0.25, 0.3) is 0 Å². The lowest BCUT2D eigenvalue weighted by Gasteiger charge is -2.14. The summed E-state index contributed by atoms with van der Waals surface area (Å²) in [5.41, 5.74) is -0.785. The maximum Gasteiger partial charge on any atom is 0.418 e. The number of para-hydroxylation sites is 1. The molecule has 3 rings (SSSR count). The van der Waals surface area contributed by atoms with Crippen molar-refractivity contribution in [2.45, 2.75) is 6.18 Å². The number of rotatable bonds is 2. The summed E-state index contributed by atoms with van der Waals surface area (Å²) in [6.45, 7) is 0. The van der Waals surface area contributed by atoms with E-state index in [1.54, 1.807) is 12.1 Å². The number of H-pyrrole nitrogens is 1. The van der Waals surface area contributed by atoms with Crippen molar-refractivity contribution in [3.63, 3.8) is 0 Å². The van der Waals surface area contributed by atoms with Crippen LogP contribution in [-0.2, 0) is 6.18 Å². The van der Waals surface area contributed by atoms with Crippen LogP contribution < -0.4 is 0 Å². The van der Waals surface area contributed by atoms with Crippen LogP contribution in [0, 0.1) is 4.77 Å². The number of hydrogen-bond acceptors (Lipinski definition) is 3. The Labute approximate surface area is 126 Å². The molecule has 0 aliphatic heterocycles. The topological polar surface area (TPSA) is 33.6 Å². The second-order valence-corrected chi connectivity index (χ2v) is 5.51. The number of aromatic nitrogens is 3. The third-order valence-electron chi connectivity index (χ3n) is 2.86. The van der Waals surface area contributed by atoms with Gasteiger partial charge in [0.05, 0.1) is 16.1 Å². The maximum absolute atomic E-state index is 13.2. The number of thiophene rings is 1. The Hall–Kier alpha value is -1.93. The first-order valence-corrected chi connectivity index (χ1v) is 7.15. The van der Waals surface area contributed by atoms with Gasteiger partial charge in [-0.2, -0.15) is 18.3 Å². The molecule has 0 amide bonds. The Morgan fingerprint density at radius 3 is 2.57 bits per heavy atom. The highest BCUT2D eigenvalue weighted by Gasteiger charge is 2.34. The molecular weight excluding hydrogens is 319 g/mol. The van der Waals surface area contributed by atoms with Crippen LogP contribution in [0.15, 0.2) is 41.8 Å². The van der Waals surface area contributed by atoms with E-state index in [0.717, 1.165) is 10.9 Å². The van der Waals surface area contributed by atoms with Crippen molar-refractivity contribution in [2.24, 2.45) is 0 Å². The maximum atomic E-state index is 13.2. The van der Waals surface area contributed by atoms with E-state index in [2.05, 4.69) is 10.2 Å². The van der Waals surface area contributed by atoms with Gasteiger partial charge >= 0.3 is 6.18 Å². The Morgan fingerprint density at radius 1 is 1.14 bits per heavy atom. The van der Waals surface area contributed by atoms with Crippen LogP contribution in [0.5, 0.6) is 0 Å². The third kappa shape index (κ3) is 2.52. The fourth-order valence-corrected chi connectivity index (χ4v) is 2.93. The molecule has 108 valence electrons. The average molecular weight is 327 g/mol. The van der Waals surface area contributed by atoms with E-state index in [-0.39, 0.29) is 10.5 Å². The van der Waals surface area contributed by atoms with Gasteiger partial charge in [-0.15, -0.1) is 11.3 Å². The van der Waals surface area contributed by atoms with Gasteiger partial charge in [-0.3, -0.25) is 9.67 Å². The standard InChI is InChI=1S/C13H8F3N3S2/c14-13(15,16)8-4-1-2-5-9(8)19-11(17-18-12(19)20)10-6-3-7-21-10/h1-7H,(H,18,20). The number of benzene rings is 1. The second kappa shape index (κ2) is 5.12. The minimum Gasteiger partial charge on any atom is -0.267 e. The molecule has 3 aromatic rings. The lowest BCUT2D eigenvalue weighted by Crippen LogP contribution is -2.11. The molecule has 2 heterocycles. The Morgan fingerprint density at radius 2 is 1.90 bits per heavy atom. The lowest BCUT2D eigenvalue weighted by molar-refractivity contribution is -0.137. The van der Waals surface area contributed by atoms with E-state index in [1.807, 2.05) is 5.38 Å². The first-order chi connectivity index (χ1) is 9.98. The summed E-state index contributed by atoms with van der Waals surface area (Å²) in [6, 6.07) is 8.88. The summed E-state index contributed by atoms with van der Waals surface area (Å²) in [5.74, 6) is 0.367. The van der Waals surface area contributed by atoms with Gasteiger partial charge in [0, 0.05) is 0 Å². The monoisotopic (exact) mass is 327 g/mol. The van der Waals surface area contributed by atoms with Crippen LogP contribution >= 0.6 is 23.6 Å². The Bertz CT molecular complexity index is 816. The largest absolute Gasteiger partial charge is 0.418 e. The molecule has 0 saturated carbocycles. The first kappa shape index (κ1) is 14.0. The molecule has 8 heteroatoms. The van der Waals surface area contributed by atoms with E-state index in [1.165, 1.54) is 34.1 Å². The molecule has 0 bridgehead atoms. The first-order valence-electron chi connectivity index (χ1n) is 5.86. The van der Waals surface area contributed by atoms with Crippen LogP contribution in [-0.4, -0.2) is 14.8 Å². The van der Waals surface area contributed by atoms with Gasteiger partial charge < -0.3 is 0 Å². The minimum atomic E-state index is -4.46. The molecular formula is C13H8F3N3S2. The zero-order valence-electron chi connectivity index (χ0n) is 10.4. The number of hydrogen-bond donors (Lipinski definition) is 1. The number of halogens is 3. The van der Waals surface area contributed by atoms with Gasteiger partial charge in [0.2, 0.25) is 0 Å². The minimum absolute atomic E-state index is 0.0350. The average Bonchev–Trinajstić information content (AvgIpc) is 3.06. The number of nitrogens with one attached hydrogen (secondary N) is 1. The SMILES string of the molecule is FC(F)(F)c1ccccc1-n1c(-c2cccs2)n[nH]c1=S. The highest BCUT2D eigenvalue weighted by Crippen LogP contribution is 2.35. The van der Waals surface area contributed by atoms with Crippen LogP contribution in [0.3, 0.4) is 0 Å². The molecule has 0 spiro atoms. The molecule has 0 saturated heterocycles. The molecule has 0 fully saturated rings. The molecule has 0 aliphatic carbocycles. The molecule has 0 aliphatic rings. The third-order valence-corrected chi connectivity index (χ3v) is 4.00. The number of nitrogens with zero attached hydrogens (tertiary/aromatic N) is 2. The summed E-state index contributed by atoms with van der Waals surface area (Å²) < 4.78 is 40.9. The van der Waals surface area contributed by atoms with Gasteiger partial charge in [0.15, 0.2) is 10.6 Å². The zero-order valence-corrected chi connectivity index (χ0v) is 12.0. The van der Waals surface area contributed by atoms with E-state index < -0.39 is 11.7 Å². The van der Waals surface area contributed by atoms with Crippen LogP contribution in [0.4, 0.5) is 13.2 Å². The Balaban J connectivity index is 2.28. The van der Waals surface area contributed by atoms with Gasteiger partial charge in [-0.25, -0.2) is 0 Å². The molecule has 0 atom stereocenters. The van der Waals surface area contributed by atoms with E-state index in [9.17, 15) is 13.2 Å². The van der Waals surface area contributed by atoms with Crippen LogP contribution in [0.1, 0.15) is 5.56 Å². The molecule has 1 aromatic carbocycles. The number of aromatic amines is 1. The summed E-state index contributed by atoms with van der Waals surface area (Å²) >= 11 is 6.47. The van der Waals surface area contributed by atoms with E-state index in [0.29, 0.717) is 5.82 Å². The normalized spacial score (nSPS) is 11.8. The highest BCUT2D eigenvalue weighted by atomic mass is 32.1. The van der Waals surface area contributed by atoms with Gasteiger partial charge in [-0.1, -0.05) is 18.2 Å². The fraction of sp³-hybridized carbons (Fsp3) is 0.0769. The van der Waals surface area contributed by atoms with Gasteiger partial charge in [0.1, 0.15) is 0 Å². The van der Waals surface area contributed by atoms with Crippen molar-refractivity contribution >= 4 is 23.6 Å². The molecule has 0 unspecified atom stereocenters. The van der Waals surface area contributed by atoms with Crippen molar-refractivity contribution in [2.75, 3.05) is 0 Å². The van der Waals surface area contributed by atoms with Crippen LogP contribution in [0.25, 0.3) is 16.4 Å². The molecule has 0 radical (unpaired) electrons. The van der Waals surface area contributed by atoms with Crippen molar-refractivity contribution in [3.05, 3.63) is 52.1 Å². The fourth-order valence-electron chi connectivity index (χ4n) is 2.00. The predicted octanol–water partition coefficient (Wildman–Crippen LogP) is 4.68. The summed E-state index contributed by atoms with van der Waals surface area (Å²) in [4.78, 5) is 0.735. The van der Waals surface area contributed by atoms with Crippen molar-refractivity contribution < 1.29 is 13.2 Å². The quantitative estimate of drug-likeness (QED) is 0.694. The lowest BCUT2D eigenvalue weighted by atomic mass is 10.1. The highest BCUT2D eigenvalue weighted by molar-refractivity contribution is 7.71. The molecule has 3 nitrogen and oxygen atoms in total. The second-order valence-electron chi connectivity index (χ2n) is 4.18. The van der Waals surface area contributed by atoms with Crippen LogP contribution in [0.2, 0.25) is 0 Å².